The molecule has 0 saturated heterocycles. The Labute approximate surface area is 113 Å². The van der Waals surface area contributed by atoms with E-state index in [1.807, 2.05) is 36.4 Å². The van der Waals surface area contributed by atoms with Crippen LogP contribution in [0, 0.1) is 0 Å². The molecule has 0 unspecified atom stereocenters. The van der Waals surface area contributed by atoms with Gasteiger partial charge in [-0.2, -0.15) is 0 Å². The van der Waals surface area contributed by atoms with Gasteiger partial charge in [-0.1, -0.05) is 36.4 Å². The fourth-order valence-corrected chi connectivity index (χ4v) is 1.55. The molecule has 0 amide bonds. The fourth-order valence-electron chi connectivity index (χ4n) is 1.55. The summed E-state index contributed by atoms with van der Waals surface area (Å²) in [6.07, 6.45) is 3.85. The minimum atomic E-state index is -0.420. The Morgan fingerprint density at radius 3 is 2.53 bits per heavy atom. The van der Waals surface area contributed by atoms with Gasteiger partial charge in [0.2, 0.25) is 0 Å². The second-order valence-corrected chi connectivity index (χ2v) is 4.03. The Bertz CT molecular complexity index is 437. The first-order valence-corrected chi connectivity index (χ1v) is 6.09. The van der Waals surface area contributed by atoms with Crippen molar-refractivity contribution in [1.29, 1.82) is 0 Å². The van der Waals surface area contributed by atoms with Crippen LogP contribution in [-0.4, -0.2) is 25.2 Å². The average molecular weight is 262 g/mol. The summed E-state index contributed by atoms with van der Waals surface area (Å²) in [5, 5.41) is 0. The molecule has 0 spiro atoms. The van der Waals surface area contributed by atoms with E-state index < -0.39 is 6.10 Å². The molecule has 0 aliphatic rings. The number of rotatable bonds is 6. The minimum Gasteiger partial charge on any atom is -0.469 e. The van der Waals surface area contributed by atoms with Crippen molar-refractivity contribution >= 4 is 18.0 Å². The van der Waals surface area contributed by atoms with Crippen LogP contribution in [0.3, 0.4) is 0 Å². The van der Waals surface area contributed by atoms with Gasteiger partial charge in [0.1, 0.15) is 6.10 Å². The van der Waals surface area contributed by atoms with Gasteiger partial charge in [0.25, 0.3) is 0 Å². The first-order valence-electron chi connectivity index (χ1n) is 6.09. The number of hydrogen-bond donors (Lipinski definition) is 0. The van der Waals surface area contributed by atoms with Gasteiger partial charge in [0, 0.05) is 13.3 Å². The summed E-state index contributed by atoms with van der Waals surface area (Å²) in [5.74, 6) is -0.683. The number of carbonyl (C=O) groups excluding carboxylic acids is 2. The lowest BCUT2D eigenvalue weighted by atomic mass is 10.1. The van der Waals surface area contributed by atoms with Gasteiger partial charge in [0.05, 0.1) is 7.11 Å². The van der Waals surface area contributed by atoms with Crippen LogP contribution >= 0.6 is 0 Å². The van der Waals surface area contributed by atoms with Crippen LogP contribution in [0.2, 0.25) is 0 Å². The molecule has 0 radical (unpaired) electrons. The largest absolute Gasteiger partial charge is 0.469 e. The maximum Gasteiger partial charge on any atom is 0.305 e. The monoisotopic (exact) mass is 262 g/mol. The predicted octanol–water partition coefficient (Wildman–Crippen LogP) is 2.58. The first kappa shape index (κ1) is 15.0. The zero-order valence-electron chi connectivity index (χ0n) is 11.2. The van der Waals surface area contributed by atoms with Gasteiger partial charge in [-0.25, -0.2) is 0 Å². The molecule has 0 heterocycles. The molecule has 4 nitrogen and oxygen atoms in total. The number of esters is 2. The highest BCUT2D eigenvalue weighted by atomic mass is 16.5. The van der Waals surface area contributed by atoms with Crippen molar-refractivity contribution in [3.05, 3.63) is 42.0 Å². The van der Waals surface area contributed by atoms with Gasteiger partial charge in [-0.3, -0.25) is 9.59 Å². The van der Waals surface area contributed by atoms with Gasteiger partial charge in [-0.15, -0.1) is 0 Å². The molecule has 1 aromatic carbocycles. The lowest BCUT2D eigenvalue weighted by molar-refractivity contribution is -0.147. The first-order chi connectivity index (χ1) is 9.11. The van der Waals surface area contributed by atoms with E-state index in [1.165, 1.54) is 14.0 Å². The summed E-state index contributed by atoms with van der Waals surface area (Å²) in [5.41, 5.74) is 1.01. The number of carbonyl (C=O) groups is 2. The van der Waals surface area contributed by atoms with Crippen LogP contribution in [0.25, 0.3) is 6.08 Å². The molecule has 1 aromatic rings. The van der Waals surface area contributed by atoms with Crippen molar-refractivity contribution in [2.24, 2.45) is 0 Å². The van der Waals surface area contributed by atoms with E-state index in [0.717, 1.165) is 5.56 Å². The van der Waals surface area contributed by atoms with Crippen LogP contribution in [0.15, 0.2) is 36.4 Å². The van der Waals surface area contributed by atoms with E-state index in [0.29, 0.717) is 6.42 Å². The summed E-state index contributed by atoms with van der Waals surface area (Å²) in [6.45, 7) is 1.35. The predicted molar refractivity (Wildman–Crippen MR) is 72.3 cm³/mol. The Morgan fingerprint density at radius 1 is 1.26 bits per heavy atom. The second-order valence-electron chi connectivity index (χ2n) is 4.03. The van der Waals surface area contributed by atoms with Gasteiger partial charge in [-0.05, 0) is 18.1 Å². The fraction of sp³-hybridized carbons (Fsp3) is 0.333. The highest BCUT2D eigenvalue weighted by molar-refractivity contribution is 5.69. The summed E-state index contributed by atoms with van der Waals surface area (Å²) in [7, 11) is 1.34. The van der Waals surface area contributed by atoms with Gasteiger partial charge < -0.3 is 9.47 Å². The smallest absolute Gasteiger partial charge is 0.305 e. The molecular formula is C15H18O4. The molecule has 0 saturated carbocycles. The zero-order chi connectivity index (χ0) is 14.1. The molecular weight excluding hydrogens is 244 g/mol. The Morgan fingerprint density at radius 2 is 1.95 bits per heavy atom. The maximum atomic E-state index is 11.1. The molecule has 0 bridgehead atoms. The third-order valence-electron chi connectivity index (χ3n) is 2.48. The number of ether oxygens (including phenoxy) is 2. The quantitative estimate of drug-likeness (QED) is 0.739. The summed E-state index contributed by atoms with van der Waals surface area (Å²) >= 11 is 0. The maximum absolute atomic E-state index is 11.1. The van der Waals surface area contributed by atoms with Crippen LogP contribution in [0.5, 0.6) is 0 Å². The lowest BCUT2D eigenvalue weighted by Crippen LogP contribution is -2.15. The van der Waals surface area contributed by atoms with Crippen molar-refractivity contribution in [1.82, 2.24) is 0 Å². The van der Waals surface area contributed by atoms with Crippen LogP contribution in [0.4, 0.5) is 0 Å². The highest BCUT2D eigenvalue weighted by Gasteiger charge is 2.11. The third-order valence-corrected chi connectivity index (χ3v) is 2.48. The van der Waals surface area contributed by atoms with Crippen molar-refractivity contribution in [3.63, 3.8) is 0 Å². The van der Waals surface area contributed by atoms with Crippen LogP contribution < -0.4 is 0 Å². The average Bonchev–Trinajstić information content (AvgIpc) is 2.42. The van der Waals surface area contributed by atoms with E-state index in [4.69, 9.17) is 4.74 Å². The van der Waals surface area contributed by atoms with E-state index in [1.54, 1.807) is 6.08 Å². The number of hydrogen-bond acceptors (Lipinski definition) is 4. The third kappa shape index (κ3) is 6.41. The highest BCUT2D eigenvalue weighted by Crippen LogP contribution is 2.09. The molecule has 4 heteroatoms. The van der Waals surface area contributed by atoms with E-state index in [-0.39, 0.29) is 18.4 Å². The van der Waals surface area contributed by atoms with Crippen LogP contribution in [-0.2, 0) is 19.1 Å². The molecule has 1 rings (SSSR count). The molecule has 0 aromatic heterocycles. The SMILES string of the molecule is COC(=O)CC[C@H](/C=C/c1ccccc1)OC(C)=O. The molecule has 1 atom stereocenters. The van der Waals surface area contributed by atoms with Crippen molar-refractivity contribution < 1.29 is 19.1 Å². The molecule has 19 heavy (non-hydrogen) atoms. The molecule has 0 fully saturated rings. The minimum absolute atomic E-state index is 0.216. The van der Waals surface area contributed by atoms with E-state index >= 15 is 0 Å². The molecule has 0 aliphatic carbocycles. The van der Waals surface area contributed by atoms with E-state index in [9.17, 15) is 9.59 Å². The van der Waals surface area contributed by atoms with Gasteiger partial charge >= 0.3 is 11.9 Å². The van der Waals surface area contributed by atoms with Gasteiger partial charge in [0.15, 0.2) is 0 Å². The lowest BCUT2D eigenvalue weighted by Gasteiger charge is -2.12. The van der Waals surface area contributed by atoms with Crippen molar-refractivity contribution in [3.8, 4) is 0 Å². The number of benzene rings is 1. The van der Waals surface area contributed by atoms with Crippen molar-refractivity contribution in [2.45, 2.75) is 25.9 Å². The zero-order valence-corrected chi connectivity index (χ0v) is 11.2. The molecule has 0 N–H and O–H groups in total. The Kier molecular flexibility index (Phi) is 6.36. The Hall–Kier alpha value is -2.10. The molecule has 0 aliphatic heterocycles. The van der Waals surface area contributed by atoms with E-state index in [2.05, 4.69) is 4.74 Å². The Balaban J connectivity index is 2.61. The second kappa shape index (κ2) is 8.08. The van der Waals surface area contributed by atoms with Crippen LogP contribution in [0.1, 0.15) is 25.3 Å². The summed E-state index contributed by atoms with van der Waals surface area (Å²) < 4.78 is 9.70. The van der Waals surface area contributed by atoms with Crippen molar-refractivity contribution in [2.75, 3.05) is 7.11 Å². The topological polar surface area (TPSA) is 52.6 Å². The standard InChI is InChI=1S/C15H18O4/c1-12(16)19-14(10-11-15(17)18-2)9-8-13-6-4-3-5-7-13/h3-9,14H,10-11H2,1-2H3/b9-8+/t14-/m0/s1. The molecule has 102 valence electrons. The summed E-state index contributed by atoms with van der Waals surface area (Å²) in [4.78, 5) is 22.1. The normalized spacial score (nSPS) is 12.1. The number of methoxy groups -OCH3 is 1. The summed E-state index contributed by atoms with van der Waals surface area (Å²) in [6, 6.07) is 9.67.